The van der Waals surface area contributed by atoms with Crippen molar-refractivity contribution in [2.45, 2.75) is 47.1 Å². The number of nitrogens with one attached hydrogen (secondary N) is 1. The van der Waals surface area contributed by atoms with Crippen LogP contribution in [0.3, 0.4) is 0 Å². The van der Waals surface area contributed by atoms with Crippen molar-refractivity contribution in [1.29, 1.82) is 0 Å². The Morgan fingerprint density at radius 2 is 2.06 bits per heavy atom. The Hall–Kier alpha value is -1.09. The van der Waals surface area contributed by atoms with E-state index in [-0.39, 0.29) is 0 Å². The molecule has 1 unspecified atom stereocenters. The normalized spacial score (nSPS) is 12.6. The first-order chi connectivity index (χ1) is 7.95. The summed E-state index contributed by atoms with van der Waals surface area (Å²) in [5, 5.41) is 7.98. The predicted molar refractivity (Wildman–Crippen MR) is 73.3 cm³/mol. The Morgan fingerprint density at radius 3 is 2.47 bits per heavy atom. The Bertz CT molecular complexity index is 398. The van der Waals surface area contributed by atoms with Gasteiger partial charge in [0, 0.05) is 18.8 Å². The summed E-state index contributed by atoms with van der Waals surface area (Å²) in [6, 6.07) is 0.409. The van der Waals surface area contributed by atoms with Crippen molar-refractivity contribution < 1.29 is 0 Å². The van der Waals surface area contributed by atoms with Gasteiger partial charge in [0.2, 0.25) is 0 Å². The molecule has 1 rings (SSSR count). The van der Waals surface area contributed by atoms with Crippen LogP contribution in [0.15, 0.2) is 11.6 Å². The molecule has 17 heavy (non-hydrogen) atoms. The number of allylic oxidation sites excluding steroid dienone is 1. The molecule has 0 fully saturated rings. The van der Waals surface area contributed by atoms with Crippen LogP contribution in [0.25, 0.3) is 0 Å². The van der Waals surface area contributed by atoms with Crippen LogP contribution in [0.5, 0.6) is 0 Å². The number of likely N-dealkylation sites (N-methyl/N-ethyl adjacent to an activating group) is 1. The van der Waals surface area contributed by atoms with Crippen molar-refractivity contribution in [1.82, 2.24) is 15.1 Å². The number of rotatable bonds is 5. The second kappa shape index (κ2) is 6.01. The molecule has 0 radical (unpaired) electrons. The molecular weight excluding hydrogens is 210 g/mol. The van der Waals surface area contributed by atoms with Crippen LogP contribution in [0, 0.1) is 13.8 Å². The Balaban J connectivity index is 2.89. The van der Waals surface area contributed by atoms with Crippen LogP contribution < -0.4 is 5.32 Å². The van der Waals surface area contributed by atoms with Gasteiger partial charge < -0.3 is 5.32 Å². The zero-order chi connectivity index (χ0) is 13.0. The third kappa shape index (κ3) is 3.70. The quantitative estimate of drug-likeness (QED) is 0.795. The van der Waals surface area contributed by atoms with Gasteiger partial charge in [0.15, 0.2) is 0 Å². The summed E-state index contributed by atoms with van der Waals surface area (Å²) < 4.78 is 1.97. The monoisotopic (exact) mass is 235 g/mol. The average molecular weight is 235 g/mol. The fourth-order valence-electron chi connectivity index (χ4n) is 2.19. The number of aryl methyl sites for hydroxylation is 2. The third-order valence-corrected chi connectivity index (χ3v) is 3.08. The Kier molecular flexibility index (Phi) is 4.94. The van der Waals surface area contributed by atoms with Gasteiger partial charge in [-0.15, -0.1) is 0 Å². The number of hydrogen-bond acceptors (Lipinski definition) is 2. The first-order valence-electron chi connectivity index (χ1n) is 6.33. The molecule has 0 saturated carbocycles. The van der Waals surface area contributed by atoms with E-state index in [1.54, 1.807) is 0 Å². The summed E-state index contributed by atoms with van der Waals surface area (Å²) in [7, 11) is 2.01. The maximum Gasteiger partial charge on any atom is 0.0629 e. The largest absolute Gasteiger partial charge is 0.310 e. The number of nitrogens with zero attached hydrogens (tertiary/aromatic N) is 2. The first-order valence-corrected chi connectivity index (χ1v) is 6.33. The zero-order valence-electron chi connectivity index (χ0n) is 12.0. The van der Waals surface area contributed by atoms with Crippen molar-refractivity contribution in [3.8, 4) is 0 Å². The summed E-state index contributed by atoms with van der Waals surface area (Å²) >= 11 is 0. The van der Waals surface area contributed by atoms with Crippen LogP contribution in [0.2, 0.25) is 0 Å². The molecule has 0 aromatic carbocycles. The van der Waals surface area contributed by atoms with Crippen LogP contribution in [-0.2, 0) is 13.5 Å². The average Bonchev–Trinajstić information content (AvgIpc) is 2.44. The van der Waals surface area contributed by atoms with Gasteiger partial charge in [-0.25, -0.2) is 0 Å². The summed E-state index contributed by atoms with van der Waals surface area (Å²) in [5.74, 6) is 0. The summed E-state index contributed by atoms with van der Waals surface area (Å²) in [6.07, 6.45) is 3.32. The highest BCUT2D eigenvalue weighted by atomic mass is 15.3. The summed E-state index contributed by atoms with van der Waals surface area (Å²) in [4.78, 5) is 0. The molecule has 0 aliphatic rings. The van der Waals surface area contributed by atoms with Gasteiger partial charge >= 0.3 is 0 Å². The van der Waals surface area contributed by atoms with Crippen molar-refractivity contribution in [2.75, 3.05) is 6.54 Å². The van der Waals surface area contributed by atoms with E-state index >= 15 is 0 Å². The van der Waals surface area contributed by atoms with Crippen molar-refractivity contribution >= 4 is 0 Å². The lowest BCUT2D eigenvalue weighted by Crippen LogP contribution is -2.29. The molecule has 0 bridgehead atoms. The van der Waals surface area contributed by atoms with E-state index in [1.165, 1.54) is 16.8 Å². The molecule has 96 valence electrons. The van der Waals surface area contributed by atoms with E-state index in [2.05, 4.69) is 51.1 Å². The predicted octanol–water partition coefficient (Wildman–Crippen LogP) is 2.52. The third-order valence-electron chi connectivity index (χ3n) is 3.08. The smallest absolute Gasteiger partial charge is 0.0629 e. The maximum atomic E-state index is 4.47. The second-order valence-corrected chi connectivity index (χ2v) is 4.89. The van der Waals surface area contributed by atoms with Crippen molar-refractivity contribution in [3.05, 3.63) is 28.6 Å². The highest BCUT2D eigenvalue weighted by molar-refractivity contribution is 5.26. The molecule has 1 N–H and O–H groups in total. The van der Waals surface area contributed by atoms with Gasteiger partial charge in [0.05, 0.1) is 5.69 Å². The zero-order valence-corrected chi connectivity index (χ0v) is 12.0. The SMILES string of the molecule is CCNC(C=C(C)C)Cc1c(C)nn(C)c1C. The van der Waals surface area contributed by atoms with Crippen LogP contribution in [-0.4, -0.2) is 22.4 Å². The first kappa shape index (κ1) is 14.0. The van der Waals surface area contributed by atoms with E-state index in [0.29, 0.717) is 6.04 Å². The van der Waals surface area contributed by atoms with Gasteiger partial charge in [0.25, 0.3) is 0 Å². The van der Waals surface area contributed by atoms with E-state index in [4.69, 9.17) is 0 Å². The van der Waals surface area contributed by atoms with E-state index in [0.717, 1.165) is 18.7 Å². The summed E-state index contributed by atoms with van der Waals surface area (Å²) in [5.41, 5.74) is 5.15. The minimum atomic E-state index is 0.409. The van der Waals surface area contributed by atoms with E-state index < -0.39 is 0 Å². The summed E-state index contributed by atoms with van der Waals surface area (Å²) in [6.45, 7) is 11.7. The van der Waals surface area contributed by atoms with E-state index in [9.17, 15) is 0 Å². The van der Waals surface area contributed by atoms with Crippen molar-refractivity contribution in [2.24, 2.45) is 7.05 Å². The molecule has 1 aromatic heterocycles. The lowest BCUT2D eigenvalue weighted by atomic mass is 10.0. The fourth-order valence-corrected chi connectivity index (χ4v) is 2.19. The van der Waals surface area contributed by atoms with Gasteiger partial charge in [-0.3, -0.25) is 4.68 Å². The number of aromatic nitrogens is 2. The van der Waals surface area contributed by atoms with Gasteiger partial charge in [-0.05, 0) is 46.2 Å². The van der Waals surface area contributed by atoms with Crippen LogP contribution >= 0.6 is 0 Å². The lowest BCUT2D eigenvalue weighted by molar-refractivity contribution is 0.606. The molecule has 0 aliphatic carbocycles. The maximum absolute atomic E-state index is 4.47. The molecule has 0 amide bonds. The molecule has 3 heteroatoms. The highest BCUT2D eigenvalue weighted by Crippen LogP contribution is 2.15. The lowest BCUT2D eigenvalue weighted by Gasteiger charge is -2.15. The molecule has 0 saturated heterocycles. The Morgan fingerprint density at radius 1 is 1.41 bits per heavy atom. The molecule has 1 heterocycles. The molecule has 1 aromatic rings. The second-order valence-electron chi connectivity index (χ2n) is 4.89. The molecule has 0 aliphatic heterocycles. The van der Waals surface area contributed by atoms with Gasteiger partial charge in [-0.1, -0.05) is 18.6 Å². The molecule has 0 spiro atoms. The topological polar surface area (TPSA) is 29.9 Å². The Labute approximate surface area is 105 Å². The molecular formula is C14H25N3. The van der Waals surface area contributed by atoms with Crippen molar-refractivity contribution in [3.63, 3.8) is 0 Å². The van der Waals surface area contributed by atoms with E-state index in [1.807, 2.05) is 11.7 Å². The minimum Gasteiger partial charge on any atom is -0.310 e. The molecule has 1 atom stereocenters. The minimum absolute atomic E-state index is 0.409. The fraction of sp³-hybridized carbons (Fsp3) is 0.643. The van der Waals surface area contributed by atoms with Crippen LogP contribution in [0.4, 0.5) is 0 Å². The van der Waals surface area contributed by atoms with Crippen LogP contribution in [0.1, 0.15) is 37.7 Å². The number of hydrogen-bond donors (Lipinski definition) is 1. The van der Waals surface area contributed by atoms with Gasteiger partial charge in [0.1, 0.15) is 0 Å². The van der Waals surface area contributed by atoms with Gasteiger partial charge in [-0.2, -0.15) is 5.10 Å². The molecule has 3 nitrogen and oxygen atoms in total. The standard InChI is InChI=1S/C14H25N3/c1-7-15-13(8-10(2)3)9-14-11(4)16-17(6)12(14)5/h8,13,15H,7,9H2,1-6H3. The highest BCUT2D eigenvalue weighted by Gasteiger charge is 2.13.